The van der Waals surface area contributed by atoms with Gasteiger partial charge in [0, 0.05) is 15.9 Å². The van der Waals surface area contributed by atoms with Gasteiger partial charge in [0.15, 0.2) is 15.8 Å². The number of carbonyl (C=O) groups is 1. The summed E-state index contributed by atoms with van der Waals surface area (Å²) >= 11 is 10.1. The molecule has 1 aromatic carbocycles. The van der Waals surface area contributed by atoms with Crippen LogP contribution in [0.1, 0.15) is 23.9 Å². The molecule has 136 valence electrons. The second kappa shape index (κ2) is 7.46. The average Bonchev–Trinajstić information content (AvgIpc) is 3.04. The SMILES string of the molecule is CCOc1cc(/C=C2\SC(=S)N(n3c(C)ccc3C)C2=O)c(Br)cc1O. The Morgan fingerprint density at radius 1 is 1.31 bits per heavy atom. The minimum Gasteiger partial charge on any atom is -0.504 e. The number of nitrogens with zero attached hydrogens (tertiary/aromatic N) is 2. The van der Waals surface area contributed by atoms with Gasteiger partial charge in [-0.05, 0) is 68.9 Å². The zero-order valence-corrected chi connectivity index (χ0v) is 17.7. The van der Waals surface area contributed by atoms with Crippen LogP contribution in [0.15, 0.2) is 33.6 Å². The Morgan fingerprint density at radius 3 is 2.58 bits per heavy atom. The van der Waals surface area contributed by atoms with Gasteiger partial charge in [0.1, 0.15) is 0 Å². The Labute approximate surface area is 169 Å². The maximum atomic E-state index is 12.9. The fourth-order valence-corrected chi connectivity index (χ4v) is 4.37. The van der Waals surface area contributed by atoms with Crippen molar-refractivity contribution in [3.8, 4) is 11.5 Å². The number of amides is 1. The highest BCUT2D eigenvalue weighted by Gasteiger charge is 2.34. The second-order valence-electron chi connectivity index (χ2n) is 5.70. The van der Waals surface area contributed by atoms with E-state index in [1.165, 1.54) is 16.8 Å². The summed E-state index contributed by atoms with van der Waals surface area (Å²) in [6.07, 6.45) is 1.75. The largest absolute Gasteiger partial charge is 0.504 e. The number of benzene rings is 1. The molecular formula is C18H17BrN2O3S2. The van der Waals surface area contributed by atoms with Gasteiger partial charge in [-0.1, -0.05) is 27.7 Å². The zero-order chi connectivity index (χ0) is 19.0. The summed E-state index contributed by atoms with van der Waals surface area (Å²) in [5.41, 5.74) is 2.60. The molecule has 2 aromatic rings. The van der Waals surface area contributed by atoms with Gasteiger partial charge in [0.25, 0.3) is 5.91 Å². The number of phenols is 1. The molecule has 0 radical (unpaired) electrons. The van der Waals surface area contributed by atoms with Crippen molar-refractivity contribution in [2.45, 2.75) is 20.8 Å². The summed E-state index contributed by atoms with van der Waals surface area (Å²) < 4.78 is 8.38. The van der Waals surface area contributed by atoms with Crippen LogP contribution in [0.2, 0.25) is 0 Å². The first kappa shape index (κ1) is 19.0. The summed E-state index contributed by atoms with van der Waals surface area (Å²) in [5, 5.41) is 11.5. The van der Waals surface area contributed by atoms with E-state index < -0.39 is 0 Å². The first-order valence-corrected chi connectivity index (χ1v) is 9.93. The molecule has 0 atom stereocenters. The second-order valence-corrected chi connectivity index (χ2v) is 8.23. The summed E-state index contributed by atoms with van der Waals surface area (Å²) in [5.74, 6) is 0.233. The monoisotopic (exact) mass is 452 g/mol. The Balaban J connectivity index is 2.00. The summed E-state index contributed by atoms with van der Waals surface area (Å²) in [7, 11) is 0. The van der Waals surface area contributed by atoms with E-state index in [2.05, 4.69) is 15.9 Å². The average molecular weight is 453 g/mol. The Morgan fingerprint density at radius 2 is 1.96 bits per heavy atom. The van der Waals surface area contributed by atoms with E-state index in [1.54, 1.807) is 18.2 Å². The molecule has 0 saturated carbocycles. The minimum atomic E-state index is -0.180. The molecule has 0 unspecified atom stereocenters. The molecule has 2 heterocycles. The van der Waals surface area contributed by atoms with Gasteiger partial charge in [0.2, 0.25) is 0 Å². The standard InChI is InChI=1S/C18H17BrN2O3S2/c1-4-24-15-7-12(13(19)9-14(15)22)8-16-17(23)21(18(25)26-16)20-10(2)5-6-11(20)3/h5-9,22H,4H2,1-3H3/b16-8-. The van der Waals surface area contributed by atoms with Crippen LogP contribution < -0.4 is 9.75 Å². The van der Waals surface area contributed by atoms with Gasteiger partial charge in [-0.25, -0.2) is 0 Å². The first-order valence-electron chi connectivity index (χ1n) is 7.92. The highest BCUT2D eigenvalue weighted by atomic mass is 79.9. The van der Waals surface area contributed by atoms with Crippen molar-refractivity contribution in [3.05, 3.63) is 50.6 Å². The lowest BCUT2D eigenvalue weighted by Gasteiger charge is -2.20. The Hall–Kier alpha value is -1.77. The van der Waals surface area contributed by atoms with Gasteiger partial charge < -0.3 is 9.84 Å². The normalized spacial score (nSPS) is 16.0. The third-order valence-corrected chi connectivity index (χ3v) is 5.84. The molecule has 1 saturated heterocycles. The number of hydrogen-bond acceptors (Lipinski definition) is 5. The molecule has 0 bridgehead atoms. The molecule has 0 aliphatic carbocycles. The lowest BCUT2D eigenvalue weighted by atomic mass is 10.2. The number of ether oxygens (including phenoxy) is 1. The number of thioether (sulfide) groups is 1. The Bertz CT molecular complexity index is 917. The maximum absolute atomic E-state index is 12.9. The minimum absolute atomic E-state index is 0.0435. The van der Waals surface area contributed by atoms with E-state index in [1.807, 2.05) is 37.6 Å². The number of rotatable bonds is 4. The molecule has 5 nitrogen and oxygen atoms in total. The van der Waals surface area contributed by atoms with Gasteiger partial charge in [-0.3, -0.25) is 9.47 Å². The predicted octanol–water partition coefficient (Wildman–Crippen LogP) is 4.51. The van der Waals surface area contributed by atoms with Gasteiger partial charge in [-0.15, -0.1) is 0 Å². The van der Waals surface area contributed by atoms with Gasteiger partial charge in [-0.2, -0.15) is 5.01 Å². The number of aryl methyl sites for hydroxylation is 2. The highest BCUT2D eigenvalue weighted by Crippen LogP contribution is 2.37. The number of aromatic hydroxyl groups is 1. The number of thiocarbonyl (C=S) groups is 1. The number of hydrogen-bond donors (Lipinski definition) is 1. The number of phenolic OH excluding ortho intramolecular Hbond substituents is 1. The molecule has 8 heteroatoms. The number of carbonyl (C=O) groups excluding carboxylic acids is 1. The zero-order valence-electron chi connectivity index (χ0n) is 14.4. The lowest BCUT2D eigenvalue weighted by molar-refractivity contribution is -0.114. The first-order chi connectivity index (χ1) is 12.3. The molecule has 1 aliphatic heterocycles. The van der Waals surface area contributed by atoms with Crippen molar-refractivity contribution in [3.63, 3.8) is 0 Å². The van der Waals surface area contributed by atoms with Crippen LogP contribution in [0.3, 0.4) is 0 Å². The summed E-state index contributed by atoms with van der Waals surface area (Å²) in [6.45, 7) is 6.14. The highest BCUT2D eigenvalue weighted by molar-refractivity contribution is 9.10. The van der Waals surface area contributed by atoms with E-state index in [0.29, 0.717) is 26.1 Å². The van der Waals surface area contributed by atoms with Crippen LogP contribution in [0, 0.1) is 13.8 Å². The summed E-state index contributed by atoms with van der Waals surface area (Å²) in [4.78, 5) is 13.5. The molecule has 3 rings (SSSR count). The quantitative estimate of drug-likeness (QED) is 0.546. The van der Waals surface area contributed by atoms with Crippen LogP contribution in [0.5, 0.6) is 11.5 Å². The van der Waals surface area contributed by atoms with E-state index in [9.17, 15) is 9.90 Å². The van der Waals surface area contributed by atoms with Crippen molar-refractivity contribution in [2.24, 2.45) is 0 Å². The maximum Gasteiger partial charge on any atom is 0.285 e. The van der Waals surface area contributed by atoms with E-state index in [0.717, 1.165) is 17.0 Å². The van der Waals surface area contributed by atoms with Crippen molar-refractivity contribution in [1.29, 1.82) is 0 Å². The smallest absolute Gasteiger partial charge is 0.285 e. The molecule has 0 spiro atoms. The molecule has 1 fully saturated rings. The third-order valence-electron chi connectivity index (χ3n) is 3.87. The Kier molecular flexibility index (Phi) is 5.45. The van der Waals surface area contributed by atoms with Crippen LogP contribution in [0.4, 0.5) is 0 Å². The number of aromatic nitrogens is 1. The predicted molar refractivity (Wildman–Crippen MR) is 112 cm³/mol. The number of halogens is 1. The molecule has 26 heavy (non-hydrogen) atoms. The molecule has 1 N–H and O–H groups in total. The van der Waals surface area contributed by atoms with Crippen LogP contribution >= 0.6 is 39.9 Å². The molecule has 1 amide bonds. The van der Waals surface area contributed by atoms with E-state index >= 15 is 0 Å². The topological polar surface area (TPSA) is 54.7 Å². The van der Waals surface area contributed by atoms with E-state index in [-0.39, 0.29) is 11.7 Å². The van der Waals surface area contributed by atoms with Crippen molar-refractivity contribution >= 4 is 56.2 Å². The van der Waals surface area contributed by atoms with Crippen molar-refractivity contribution in [2.75, 3.05) is 11.6 Å². The molecular weight excluding hydrogens is 436 g/mol. The fourth-order valence-electron chi connectivity index (χ4n) is 2.69. The lowest BCUT2D eigenvalue weighted by Crippen LogP contribution is -2.39. The van der Waals surface area contributed by atoms with Crippen LogP contribution in [0.25, 0.3) is 6.08 Å². The van der Waals surface area contributed by atoms with Gasteiger partial charge >= 0.3 is 0 Å². The van der Waals surface area contributed by atoms with Gasteiger partial charge in [0.05, 0.1) is 11.5 Å². The third kappa shape index (κ3) is 3.41. The molecule has 1 aliphatic rings. The van der Waals surface area contributed by atoms with Crippen LogP contribution in [-0.2, 0) is 4.79 Å². The molecule has 1 aromatic heterocycles. The van der Waals surface area contributed by atoms with Crippen molar-refractivity contribution < 1.29 is 14.6 Å². The fraction of sp³-hybridized carbons (Fsp3) is 0.222. The van der Waals surface area contributed by atoms with E-state index in [4.69, 9.17) is 17.0 Å². The van der Waals surface area contributed by atoms with Crippen LogP contribution in [-0.4, -0.2) is 26.6 Å². The van der Waals surface area contributed by atoms with Crippen molar-refractivity contribution in [1.82, 2.24) is 4.68 Å². The summed E-state index contributed by atoms with van der Waals surface area (Å²) in [6, 6.07) is 7.14.